The maximum Gasteiger partial charge on any atom is 0.241 e. The van der Waals surface area contributed by atoms with Crippen LogP contribution in [0, 0.1) is 5.92 Å². The highest BCUT2D eigenvalue weighted by atomic mass is 35.5. The van der Waals surface area contributed by atoms with E-state index in [2.05, 4.69) is 41.3 Å². The molecule has 1 amide bonds. The van der Waals surface area contributed by atoms with Crippen LogP contribution in [0.25, 0.3) is 0 Å². The van der Waals surface area contributed by atoms with E-state index in [-0.39, 0.29) is 24.4 Å². The number of nitrogens with one attached hydrogen (secondary N) is 2. The lowest BCUT2D eigenvalue weighted by Gasteiger charge is -2.27. The molecule has 0 saturated carbocycles. The largest absolute Gasteiger partial charge is 0.357 e. The Hall–Kier alpha value is -1.33. The third-order valence-electron chi connectivity index (χ3n) is 4.09. The van der Waals surface area contributed by atoms with Gasteiger partial charge in [0.2, 0.25) is 5.91 Å². The first kappa shape index (κ1) is 18.7. The Morgan fingerprint density at radius 3 is 2.68 bits per heavy atom. The molecule has 1 aromatic heterocycles. The molecule has 2 rings (SSSR count). The number of carbonyl (C=O) groups excluding carboxylic acids is 1. The quantitative estimate of drug-likeness (QED) is 0.873. The van der Waals surface area contributed by atoms with Gasteiger partial charge in [-0.05, 0) is 51.3 Å². The first-order valence-electron chi connectivity index (χ1n) is 7.89. The Morgan fingerprint density at radius 2 is 2.14 bits per heavy atom. The molecule has 0 aliphatic carbocycles. The number of piperidine rings is 1. The monoisotopic (exact) mass is 326 g/mol. The zero-order valence-electron chi connectivity index (χ0n) is 13.6. The zero-order chi connectivity index (χ0) is 15.2. The van der Waals surface area contributed by atoms with Crippen LogP contribution in [0.2, 0.25) is 0 Å². The summed E-state index contributed by atoms with van der Waals surface area (Å²) in [6, 6.07) is 3.79. The predicted octanol–water partition coefficient (Wildman–Crippen LogP) is 2.68. The van der Waals surface area contributed by atoms with Gasteiger partial charge in [0.05, 0.1) is 17.9 Å². The van der Waals surface area contributed by atoms with E-state index in [1.54, 1.807) is 6.20 Å². The Kier molecular flexibility index (Phi) is 7.62. The first-order chi connectivity index (χ1) is 10.1. The first-order valence-corrected chi connectivity index (χ1v) is 7.89. The fourth-order valence-electron chi connectivity index (χ4n) is 2.73. The van der Waals surface area contributed by atoms with Crippen LogP contribution in [0.5, 0.6) is 0 Å². The number of hydrogen-bond acceptors (Lipinski definition) is 4. The number of rotatable bonds is 5. The average molecular weight is 327 g/mol. The van der Waals surface area contributed by atoms with Crippen molar-refractivity contribution in [3.8, 4) is 0 Å². The summed E-state index contributed by atoms with van der Waals surface area (Å²) in [4.78, 5) is 18.8. The molecule has 6 heteroatoms. The van der Waals surface area contributed by atoms with E-state index in [1.807, 2.05) is 12.1 Å². The summed E-state index contributed by atoms with van der Waals surface area (Å²) in [5, 5.41) is 6.23. The van der Waals surface area contributed by atoms with Crippen LogP contribution in [-0.4, -0.2) is 36.6 Å². The van der Waals surface area contributed by atoms with E-state index < -0.39 is 0 Å². The second-order valence-electron chi connectivity index (χ2n) is 5.70. The molecule has 0 radical (unpaired) electrons. The molecule has 0 spiro atoms. The van der Waals surface area contributed by atoms with Crippen molar-refractivity contribution in [1.82, 2.24) is 10.3 Å². The molecule has 0 aromatic carbocycles. The number of halogens is 1. The second-order valence-corrected chi connectivity index (χ2v) is 5.70. The van der Waals surface area contributed by atoms with Crippen molar-refractivity contribution in [2.75, 3.05) is 29.9 Å². The molecule has 22 heavy (non-hydrogen) atoms. The van der Waals surface area contributed by atoms with Gasteiger partial charge in [-0.2, -0.15) is 0 Å². The smallest absolute Gasteiger partial charge is 0.241 e. The molecule has 1 aliphatic rings. The van der Waals surface area contributed by atoms with Crippen LogP contribution >= 0.6 is 12.4 Å². The maximum absolute atomic E-state index is 12.2. The van der Waals surface area contributed by atoms with Gasteiger partial charge in [0.1, 0.15) is 5.82 Å². The molecule has 124 valence electrons. The average Bonchev–Trinajstić information content (AvgIpc) is 2.50. The van der Waals surface area contributed by atoms with Gasteiger partial charge in [-0.15, -0.1) is 12.4 Å². The summed E-state index contributed by atoms with van der Waals surface area (Å²) in [6.07, 6.45) is 3.78. The molecule has 1 aliphatic heterocycles. The molecule has 1 fully saturated rings. The summed E-state index contributed by atoms with van der Waals surface area (Å²) < 4.78 is 0. The molecular formula is C16H27ClN4O. The van der Waals surface area contributed by atoms with Crippen LogP contribution in [-0.2, 0) is 4.79 Å². The van der Waals surface area contributed by atoms with E-state index in [0.29, 0.717) is 5.92 Å². The molecule has 2 atom stereocenters. The van der Waals surface area contributed by atoms with E-state index >= 15 is 0 Å². The third kappa shape index (κ3) is 4.85. The van der Waals surface area contributed by atoms with Gasteiger partial charge in [-0.25, -0.2) is 4.98 Å². The minimum absolute atomic E-state index is 0. The van der Waals surface area contributed by atoms with Crippen LogP contribution in [0.3, 0.4) is 0 Å². The van der Waals surface area contributed by atoms with E-state index in [9.17, 15) is 4.79 Å². The van der Waals surface area contributed by atoms with Crippen molar-refractivity contribution in [1.29, 1.82) is 0 Å². The van der Waals surface area contributed by atoms with E-state index in [4.69, 9.17) is 0 Å². The van der Waals surface area contributed by atoms with Crippen molar-refractivity contribution in [3.63, 3.8) is 0 Å². The van der Waals surface area contributed by atoms with Crippen molar-refractivity contribution in [3.05, 3.63) is 18.3 Å². The summed E-state index contributed by atoms with van der Waals surface area (Å²) >= 11 is 0. The van der Waals surface area contributed by atoms with Crippen LogP contribution in [0.1, 0.15) is 33.6 Å². The number of carbonyl (C=O) groups is 1. The zero-order valence-corrected chi connectivity index (χ0v) is 14.4. The van der Waals surface area contributed by atoms with Gasteiger partial charge in [0, 0.05) is 13.1 Å². The lowest BCUT2D eigenvalue weighted by molar-refractivity contribution is -0.119. The molecule has 2 heterocycles. The van der Waals surface area contributed by atoms with E-state index in [0.717, 1.165) is 44.0 Å². The number of hydrogen-bond donors (Lipinski definition) is 2. The number of aromatic nitrogens is 1. The third-order valence-corrected chi connectivity index (χ3v) is 4.09. The van der Waals surface area contributed by atoms with Crippen molar-refractivity contribution in [2.24, 2.45) is 5.92 Å². The molecule has 5 nitrogen and oxygen atoms in total. The van der Waals surface area contributed by atoms with Gasteiger partial charge in [-0.3, -0.25) is 4.79 Å². The highest BCUT2D eigenvalue weighted by Gasteiger charge is 2.24. The minimum atomic E-state index is -0.0868. The lowest BCUT2D eigenvalue weighted by atomic mass is 9.94. The Labute approximate surface area is 139 Å². The summed E-state index contributed by atoms with van der Waals surface area (Å²) in [6.45, 7) is 9.19. The van der Waals surface area contributed by atoms with Crippen molar-refractivity contribution < 1.29 is 4.79 Å². The summed E-state index contributed by atoms with van der Waals surface area (Å²) in [5.74, 6) is 1.59. The SMILES string of the molecule is CCN(CC)c1ccc(NC(=O)C2CC(C)CCN2)cn1.Cl. The van der Waals surface area contributed by atoms with Gasteiger partial charge in [0.15, 0.2) is 0 Å². The summed E-state index contributed by atoms with van der Waals surface area (Å²) in [7, 11) is 0. The number of pyridine rings is 1. The molecular weight excluding hydrogens is 300 g/mol. The molecule has 2 N–H and O–H groups in total. The van der Waals surface area contributed by atoms with Crippen LogP contribution in [0.4, 0.5) is 11.5 Å². The topological polar surface area (TPSA) is 57.3 Å². The minimum Gasteiger partial charge on any atom is -0.357 e. The van der Waals surface area contributed by atoms with E-state index in [1.165, 1.54) is 0 Å². The van der Waals surface area contributed by atoms with Gasteiger partial charge in [-0.1, -0.05) is 6.92 Å². The molecule has 1 saturated heterocycles. The molecule has 2 unspecified atom stereocenters. The molecule has 1 aromatic rings. The maximum atomic E-state index is 12.2. The predicted molar refractivity (Wildman–Crippen MR) is 93.9 cm³/mol. The van der Waals surface area contributed by atoms with Gasteiger partial charge >= 0.3 is 0 Å². The Balaban J connectivity index is 0.00000242. The van der Waals surface area contributed by atoms with Crippen LogP contribution in [0.15, 0.2) is 18.3 Å². The normalized spacial score (nSPS) is 20.9. The highest BCUT2D eigenvalue weighted by Crippen LogP contribution is 2.18. The van der Waals surface area contributed by atoms with Gasteiger partial charge < -0.3 is 15.5 Å². The van der Waals surface area contributed by atoms with Crippen molar-refractivity contribution >= 4 is 29.8 Å². The van der Waals surface area contributed by atoms with Crippen molar-refractivity contribution in [2.45, 2.75) is 39.7 Å². The fraction of sp³-hybridized carbons (Fsp3) is 0.625. The number of nitrogens with zero attached hydrogens (tertiary/aromatic N) is 2. The second kappa shape index (κ2) is 8.96. The number of anilines is 2. The lowest BCUT2D eigenvalue weighted by Crippen LogP contribution is -2.45. The Morgan fingerprint density at radius 1 is 1.41 bits per heavy atom. The molecule has 0 bridgehead atoms. The Bertz CT molecular complexity index is 462. The van der Waals surface area contributed by atoms with Gasteiger partial charge in [0.25, 0.3) is 0 Å². The fourth-order valence-corrected chi connectivity index (χ4v) is 2.73. The number of amides is 1. The highest BCUT2D eigenvalue weighted by molar-refractivity contribution is 5.94. The summed E-state index contributed by atoms with van der Waals surface area (Å²) in [5.41, 5.74) is 0.760. The van der Waals surface area contributed by atoms with Crippen LogP contribution < -0.4 is 15.5 Å². The standard InChI is InChI=1S/C16H26N4O.ClH/c1-4-20(5-2)15-7-6-13(11-18-15)19-16(21)14-10-12(3)8-9-17-14;/h6-7,11-12,14,17H,4-5,8-10H2,1-3H3,(H,19,21);1H.